The Kier molecular flexibility index (Phi) is 5.23. The molecule has 37 heavy (non-hydrogen) atoms. The highest BCUT2D eigenvalue weighted by Gasteiger charge is 2.52. The molecule has 4 nitrogen and oxygen atoms in total. The number of nitrogens with one attached hydrogen (secondary N) is 1. The molecule has 1 aliphatic carbocycles. The molecule has 0 spiro atoms. The van der Waals surface area contributed by atoms with Gasteiger partial charge in [-0.15, -0.1) is 0 Å². The number of fused-ring (bicyclic) bond motifs is 4. The second-order valence-corrected chi connectivity index (χ2v) is 13.3. The Hall–Kier alpha value is -2.76. The van der Waals surface area contributed by atoms with Gasteiger partial charge < -0.3 is 19.0 Å². The maximum Gasteiger partial charge on any atom is 0.497 e. The van der Waals surface area contributed by atoms with Crippen LogP contribution in [0.4, 0.5) is 11.4 Å². The van der Waals surface area contributed by atoms with Crippen molar-refractivity contribution in [1.29, 1.82) is 0 Å². The number of furan rings is 1. The minimum atomic E-state index is -0.487. The standard InChI is InChI=1S/C32H38BNO3/c1-29(2)15-16-30(3,4)24-17-20(13-14-23(24)29)34-26-19-28-22(21-11-9-10-12-27(21)35-28)18-25(26)33-36-31(5,6)32(7,8)37-33/h9-14,17-19,34H,15-16H2,1-8H3. The molecule has 0 radical (unpaired) electrons. The van der Waals surface area contributed by atoms with Gasteiger partial charge in [0.2, 0.25) is 0 Å². The Bertz CT molecular complexity index is 1510. The summed E-state index contributed by atoms with van der Waals surface area (Å²) in [4.78, 5) is 0. The van der Waals surface area contributed by atoms with E-state index >= 15 is 0 Å². The van der Waals surface area contributed by atoms with Gasteiger partial charge in [0.05, 0.1) is 11.2 Å². The lowest BCUT2D eigenvalue weighted by Crippen LogP contribution is -2.41. The van der Waals surface area contributed by atoms with Crippen molar-refractivity contribution in [3.8, 4) is 0 Å². The van der Waals surface area contributed by atoms with E-state index in [2.05, 4.69) is 97.1 Å². The Morgan fingerprint density at radius 1 is 0.676 bits per heavy atom. The summed E-state index contributed by atoms with van der Waals surface area (Å²) in [5.41, 5.74) is 7.07. The van der Waals surface area contributed by atoms with E-state index in [0.29, 0.717) is 0 Å². The Morgan fingerprint density at radius 2 is 1.32 bits per heavy atom. The van der Waals surface area contributed by atoms with Gasteiger partial charge in [-0.25, -0.2) is 0 Å². The van der Waals surface area contributed by atoms with Crippen molar-refractivity contribution in [2.45, 2.75) is 90.3 Å². The highest BCUT2D eigenvalue weighted by Crippen LogP contribution is 2.47. The van der Waals surface area contributed by atoms with Crippen molar-refractivity contribution in [3.05, 3.63) is 65.7 Å². The molecule has 192 valence electrons. The second-order valence-electron chi connectivity index (χ2n) is 13.3. The van der Waals surface area contributed by atoms with E-state index in [1.807, 2.05) is 18.2 Å². The van der Waals surface area contributed by atoms with Crippen LogP contribution in [0.25, 0.3) is 21.9 Å². The number of hydrogen-bond acceptors (Lipinski definition) is 4. The summed E-state index contributed by atoms with van der Waals surface area (Å²) in [5.74, 6) is 0. The van der Waals surface area contributed by atoms with Crippen molar-refractivity contribution in [2.24, 2.45) is 0 Å². The maximum atomic E-state index is 6.52. The summed E-state index contributed by atoms with van der Waals surface area (Å²) >= 11 is 0. The fourth-order valence-corrected chi connectivity index (χ4v) is 5.88. The molecule has 0 saturated carbocycles. The molecule has 1 aromatic heterocycles. The van der Waals surface area contributed by atoms with E-state index in [4.69, 9.17) is 13.7 Å². The molecule has 0 bridgehead atoms. The van der Waals surface area contributed by atoms with Crippen LogP contribution in [0.5, 0.6) is 0 Å². The van der Waals surface area contributed by atoms with Crippen LogP contribution in [0.2, 0.25) is 0 Å². The van der Waals surface area contributed by atoms with Gasteiger partial charge in [0.15, 0.2) is 0 Å². The minimum absolute atomic E-state index is 0.139. The monoisotopic (exact) mass is 495 g/mol. The molecule has 0 unspecified atom stereocenters. The van der Waals surface area contributed by atoms with Gasteiger partial charge in [0, 0.05) is 33.7 Å². The summed E-state index contributed by atoms with van der Waals surface area (Å²) in [6.45, 7) is 17.8. The molecule has 6 rings (SSSR count). The summed E-state index contributed by atoms with van der Waals surface area (Å²) in [7, 11) is -0.487. The normalized spacial score (nSPS) is 21.4. The van der Waals surface area contributed by atoms with Gasteiger partial charge in [0.1, 0.15) is 11.2 Å². The van der Waals surface area contributed by atoms with Crippen LogP contribution in [-0.4, -0.2) is 18.3 Å². The summed E-state index contributed by atoms with van der Waals surface area (Å²) in [6.07, 6.45) is 2.38. The van der Waals surface area contributed by atoms with E-state index in [-0.39, 0.29) is 10.8 Å². The minimum Gasteiger partial charge on any atom is -0.456 e. The van der Waals surface area contributed by atoms with E-state index in [9.17, 15) is 0 Å². The summed E-state index contributed by atoms with van der Waals surface area (Å²) in [5, 5.41) is 5.90. The molecular weight excluding hydrogens is 457 g/mol. The van der Waals surface area contributed by atoms with Crippen LogP contribution in [-0.2, 0) is 20.1 Å². The summed E-state index contributed by atoms with van der Waals surface area (Å²) < 4.78 is 19.3. The lowest BCUT2D eigenvalue weighted by atomic mass is 9.63. The number of para-hydroxylation sites is 1. The molecule has 1 fully saturated rings. The SMILES string of the molecule is CC1(C)CCC(C)(C)c2cc(Nc3cc4oc5ccccc5c4cc3B3OC(C)(C)C(C)(C)O3)ccc21. The molecular formula is C32H38BNO3. The van der Waals surface area contributed by atoms with Gasteiger partial charge in [-0.1, -0.05) is 52.0 Å². The highest BCUT2D eigenvalue weighted by atomic mass is 16.7. The second kappa shape index (κ2) is 7.88. The largest absolute Gasteiger partial charge is 0.497 e. The first-order valence-corrected chi connectivity index (χ1v) is 13.5. The quantitative estimate of drug-likeness (QED) is 0.293. The first kappa shape index (κ1) is 24.6. The predicted molar refractivity (Wildman–Crippen MR) is 154 cm³/mol. The number of benzene rings is 3. The number of hydrogen-bond donors (Lipinski definition) is 1. The highest BCUT2D eigenvalue weighted by molar-refractivity contribution is 6.64. The number of rotatable bonds is 3. The molecule has 1 N–H and O–H groups in total. The summed E-state index contributed by atoms with van der Waals surface area (Å²) in [6, 6.07) is 19.3. The molecule has 4 aromatic rings. The van der Waals surface area contributed by atoms with E-state index in [1.54, 1.807) is 0 Å². The van der Waals surface area contributed by atoms with Crippen molar-refractivity contribution < 1.29 is 13.7 Å². The Labute approximate surface area is 220 Å². The lowest BCUT2D eigenvalue weighted by Gasteiger charge is -2.42. The van der Waals surface area contributed by atoms with Gasteiger partial charge in [0.25, 0.3) is 0 Å². The van der Waals surface area contributed by atoms with Gasteiger partial charge >= 0.3 is 7.12 Å². The predicted octanol–water partition coefficient (Wildman–Crippen LogP) is 7.98. The Morgan fingerprint density at radius 3 is 2.03 bits per heavy atom. The van der Waals surface area contributed by atoms with Crippen LogP contribution in [0.15, 0.2) is 59.0 Å². The fourth-order valence-electron chi connectivity index (χ4n) is 5.88. The zero-order chi connectivity index (χ0) is 26.4. The fraction of sp³-hybridized carbons (Fsp3) is 0.438. The van der Waals surface area contributed by atoms with E-state index < -0.39 is 18.3 Å². The van der Waals surface area contributed by atoms with Crippen molar-refractivity contribution in [1.82, 2.24) is 0 Å². The first-order chi connectivity index (χ1) is 17.3. The van der Waals surface area contributed by atoms with Crippen LogP contribution in [0.3, 0.4) is 0 Å². The molecule has 2 aliphatic rings. The van der Waals surface area contributed by atoms with Gasteiger partial charge in [-0.3, -0.25) is 0 Å². The molecule has 5 heteroatoms. The van der Waals surface area contributed by atoms with Crippen LogP contribution in [0, 0.1) is 0 Å². The van der Waals surface area contributed by atoms with Gasteiger partial charge in [-0.2, -0.15) is 0 Å². The van der Waals surface area contributed by atoms with E-state index in [1.165, 1.54) is 24.0 Å². The molecule has 0 amide bonds. The lowest BCUT2D eigenvalue weighted by molar-refractivity contribution is 0.00578. The third-order valence-corrected chi connectivity index (χ3v) is 9.19. The average Bonchev–Trinajstić information content (AvgIpc) is 3.28. The Balaban J connectivity index is 1.49. The van der Waals surface area contributed by atoms with Crippen LogP contribution in [0.1, 0.15) is 79.4 Å². The van der Waals surface area contributed by atoms with Gasteiger partial charge in [-0.05, 0) is 86.8 Å². The molecule has 1 aliphatic heterocycles. The zero-order valence-corrected chi connectivity index (χ0v) is 23.4. The molecule has 1 saturated heterocycles. The maximum absolute atomic E-state index is 6.52. The first-order valence-electron chi connectivity index (χ1n) is 13.5. The van der Waals surface area contributed by atoms with Crippen molar-refractivity contribution >= 4 is 45.9 Å². The topological polar surface area (TPSA) is 43.6 Å². The van der Waals surface area contributed by atoms with Crippen molar-refractivity contribution in [3.63, 3.8) is 0 Å². The molecule has 0 atom stereocenters. The van der Waals surface area contributed by atoms with E-state index in [0.717, 1.165) is 38.8 Å². The number of anilines is 2. The third-order valence-electron chi connectivity index (χ3n) is 9.19. The smallest absolute Gasteiger partial charge is 0.456 e. The average molecular weight is 495 g/mol. The van der Waals surface area contributed by atoms with Crippen LogP contribution < -0.4 is 10.8 Å². The third kappa shape index (κ3) is 3.90. The molecule has 3 aromatic carbocycles. The van der Waals surface area contributed by atoms with Crippen LogP contribution >= 0.6 is 0 Å². The zero-order valence-electron chi connectivity index (χ0n) is 23.4. The van der Waals surface area contributed by atoms with Crippen molar-refractivity contribution in [2.75, 3.05) is 5.32 Å². The molecule has 2 heterocycles.